The predicted molar refractivity (Wildman–Crippen MR) is 103 cm³/mol. The van der Waals surface area contributed by atoms with Crippen molar-refractivity contribution in [2.24, 2.45) is 5.92 Å². The summed E-state index contributed by atoms with van der Waals surface area (Å²) in [5, 5.41) is 0.187. The topological polar surface area (TPSA) is 81.7 Å². The number of benzene rings is 2. The third-order valence-electron chi connectivity index (χ3n) is 3.90. The van der Waals surface area contributed by atoms with Crippen molar-refractivity contribution in [3.05, 3.63) is 59.1 Å². The number of carbonyl (C=O) groups is 1. The van der Waals surface area contributed by atoms with E-state index in [1.54, 1.807) is 6.92 Å². The zero-order chi connectivity index (χ0) is 19.9. The van der Waals surface area contributed by atoms with Gasteiger partial charge in [-0.3, -0.25) is 4.79 Å². The quantitative estimate of drug-likeness (QED) is 0.641. The highest BCUT2D eigenvalue weighted by Gasteiger charge is 2.24. The summed E-state index contributed by atoms with van der Waals surface area (Å²) in [4.78, 5) is 12.2. The molecule has 1 atom stereocenters. The maximum Gasteiger partial charge on any atom is 0.310 e. The molecule has 2 aromatic rings. The van der Waals surface area contributed by atoms with Crippen molar-refractivity contribution in [3.8, 4) is 5.75 Å². The van der Waals surface area contributed by atoms with Crippen LogP contribution in [-0.2, 0) is 26.0 Å². The Hall–Kier alpha value is -2.09. The van der Waals surface area contributed by atoms with Crippen LogP contribution in [0.1, 0.15) is 12.5 Å². The van der Waals surface area contributed by atoms with Crippen LogP contribution >= 0.6 is 11.6 Å². The Morgan fingerprint density at radius 2 is 1.89 bits per heavy atom. The molecular formula is C19H22ClNO5S. The number of rotatable bonds is 9. The molecule has 27 heavy (non-hydrogen) atoms. The Morgan fingerprint density at radius 3 is 2.48 bits per heavy atom. The number of sulfonamides is 1. The number of halogens is 1. The molecule has 0 aliphatic rings. The van der Waals surface area contributed by atoms with Crippen LogP contribution < -0.4 is 9.46 Å². The van der Waals surface area contributed by atoms with Crippen molar-refractivity contribution in [2.75, 3.05) is 20.3 Å². The van der Waals surface area contributed by atoms with Crippen molar-refractivity contribution in [1.29, 1.82) is 0 Å². The molecule has 0 radical (unpaired) electrons. The zero-order valence-corrected chi connectivity index (χ0v) is 16.7. The Labute approximate surface area is 164 Å². The van der Waals surface area contributed by atoms with E-state index in [1.165, 1.54) is 25.3 Å². The molecule has 0 spiro atoms. The monoisotopic (exact) mass is 411 g/mol. The average molecular weight is 412 g/mol. The van der Waals surface area contributed by atoms with Crippen LogP contribution in [0.25, 0.3) is 0 Å². The molecule has 0 saturated carbocycles. The maximum atomic E-state index is 12.6. The van der Waals surface area contributed by atoms with Gasteiger partial charge >= 0.3 is 5.97 Å². The van der Waals surface area contributed by atoms with Gasteiger partial charge in [-0.05, 0) is 37.1 Å². The molecule has 0 fully saturated rings. The van der Waals surface area contributed by atoms with E-state index in [4.69, 9.17) is 21.1 Å². The van der Waals surface area contributed by atoms with Crippen LogP contribution in [0, 0.1) is 5.92 Å². The van der Waals surface area contributed by atoms with Crippen LogP contribution in [-0.4, -0.2) is 34.6 Å². The minimum atomic E-state index is -3.84. The first kappa shape index (κ1) is 21.2. The number of nitrogens with one attached hydrogen (secondary N) is 1. The zero-order valence-electron chi connectivity index (χ0n) is 15.1. The van der Waals surface area contributed by atoms with Gasteiger partial charge in [0.25, 0.3) is 0 Å². The standard InChI is InChI=1S/C19H22ClNO5S/c1-3-26-19(22)15(11-14-7-5-4-6-8-14)13-21-27(23,24)16-9-10-18(25-2)17(20)12-16/h4-10,12,15,21H,3,11,13H2,1-2H3. The van der Waals surface area contributed by atoms with Crippen molar-refractivity contribution >= 4 is 27.6 Å². The summed E-state index contributed by atoms with van der Waals surface area (Å²) < 4.78 is 37.7. The highest BCUT2D eigenvalue weighted by Crippen LogP contribution is 2.26. The van der Waals surface area contributed by atoms with Gasteiger partial charge in [0.15, 0.2) is 0 Å². The van der Waals surface area contributed by atoms with Gasteiger partial charge in [0.05, 0.1) is 29.6 Å². The lowest BCUT2D eigenvalue weighted by molar-refractivity contribution is -0.147. The second-order valence-corrected chi connectivity index (χ2v) is 7.96. The summed E-state index contributed by atoms with van der Waals surface area (Å²) >= 11 is 6.01. The molecule has 2 aromatic carbocycles. The minimum absolute atomic E-state index is 0.00406. The van der Waals surface area contributed by atoms with E-state index in [-0.39, 0.29) is 23.1 Å². The van der Waals surface area contributed by atoms with Crippen LogP contribution in [0.15, 0.2) is 53.4 Å². The van der Waals surface area contributed by atoms with Crippen molar-refractivity contribution in [3.63, 3.8) is 0 Å². The fourth-order valence-electron chi connectivity index (χ4n) is 2.51. The third kappa shape index (κ3) is 5.95. The normalized spacial score (nSPS) is 12.4. The second-order valence-electron chi connectivity index (χ2n) is 5.79. The van der Waals surface area contributed by atoms with E-state index < -0.39 is 21.9 Å². The molecule has 0 aromatic heterocycles. The number of esters is 1. The van der Waals surface area contributed by atoms with E-state index in [0.717, 1.165) is 5.56 Å². The molecule has 1 unspecified atom stereocenters. The molecule has 0 aliphatic carbocycles. The van der Waals surface area contributed by atoms with E-state index in [1.807, 2.05) is 30.3 Å². The van der Waals surface area contributed by atoms with Gasteiger partial charge < -0.3 is 9.47 Å². The molecule has 0 heterocycles. The van der Waals surface area contributed by atoms with E-state index in [2.05, 4.69) is 4.72 Å². The van der Waals surface area contributed by atoms with E-state index >= 15 is 0 Å². The van der Waals surface area contributed by atoms with Crippen LogP contribution in [0.5, 0.6) is 5.75 Å². The summed E-state index contributed by atoms with van der Waals surface area (Å²) in [5.41, 5.74) is 0.919. The average Bonchev–Trinajstić information content (AvgIpc) is 2.66. The summed E-state index contributed by atoms with van der Waals surface area (Å²) in [6.45, 7) is 1.85. The van der Waals surface area contributed by atoms with Crippen molar-refractivity contribution in [1.82, 2.24) is 4.72 Å². The van der Waals surface area contributed by atoms with Crippen molar-refractivity contribution in [2.45, 2.75) is 18.2 Å². The number of hydrogen-bond donors (Lipinski definition) is 1. The molecule has 0 aliphatic heterocycles. The molecular weight excluding hydrogens is 390 g/mol. The van der Waals surface area contributed by atoms with E-state index in [9.17, 15) is 13.2 Å². The Balaban J connectivity index is 2.14. The highest BCUT2D eigenvalue weighted by atomic mass is 35.5. The van der Waals surface area contributed by atoms with Gasteiger partial charge in [-0.25, -0.2) is 13.1 Å². The molecule has 146 valence electrons. The van der Waals surface area contributed by atoms with Gasteiger partial charge in [-0.2, -0.15) is 0 Å². The number of ether oxygens (including phenoxy) is 2. The van der Waals surface area contributed by atoms with Gasteiger partial charge in [-0.1, -0.05) is 41.9 Å². The molecule has 6 nitrogen and oxygen atoms in total. The lowest BCUT2D eigenvalue weighted by Crippen LogP contribution is -2.35. The Morgan fingerprint density at radius 1 is 1.19 bits per heavy atom. The minimum Gasteiger partial charge on any atom is -0.495 e. The Bertz CT molecular complexity index is 871. The first-order valence-corrected chi connectivity index (χ1v) is 10.3. The maximum absolute atomic E-state index is 12.6. The predicted octanol–water partition coefficient (Wildman–Crippen LogP) is 3.05. The third-order valence-corrected chi connectivity index (χ3v) is 5.61. The Kier molecular flexibility index (Phi) is 7.65. The van der Waals surface area contributed by atoms with Crippen molar-refractivity contribution < 1.29 is 22.7 Å². The second kappa shape index (κ2) is 9.73. The summed E-state index contributed by atoms with van der Waals surface area (Å²) in [7, 11) is -2.40. The molecule has 2 rings (SSSR count). The fourth-order valence-corrected chi connectivity index (χ4v) is 3.94. The summed E-state index contributed by atoms with van der Waals surface area (Å²) in [6, 6.07) is 13.5. The molecule has 0 bridgehead atoms. The van der Waals surface area contributed by atoms with E-state index in [0.29, 0.717) is 12.2 Å². The molecule has 0 saturated heterocycles. The lowest BCUT2D eigenvalue weighted by atomic mass is 10.00. The largest absolute Gasteiger partial charge is 0.495 e. The van der Waals surface area contributed by atoms with Crippen LogP contribution in [0.2, 0.25) is 5.02 Å². The molecule has 1 N–H and O–H groups in total. The first-order valence-electron chi connectivity index (χ1n) is 8.41. The fraction of sp³-hybridized carbons (Fsp3) is 0.316. The SMILES string of the molecule is CCOC(=O)C(CNS(=O)(=O)c1ccc(OC)c(Cl)c1)Cc1ccccc1. The van der Waals surface area contributed by atoms with Gasteiger partial charge in [0, 0.05) is 6.54 Å². The molecule has 8 heteroatoms. The first-order chi connectivity index (χ1) is 12.9. The molecule has 0 amide bonds. The number of methoxy groups -OCH3 is 1. The van der Waals surface area contributed by atoms with Gasteiger partial charge in [0.2, 0.25) is 10.0 Å². The smallest absolute Gasteiger partial charge is 0.310 e. The van der Waals surface area contributed by atoms with Gasteiger partial charge in [-0.15, -0.1) is 0 Å². The van der Waals surface area contributed by atoms with Crippen LogP contribution in [0.4, 0.5) is 0 Å². The van der Waals surface area contributed by atoms with Gasteiger partial charge in [0.1, 0.15) is 5.75 Å². The van der Waals surface area contributed by atoms with Crippen LogP contribution in [0.3, 0.4) is 0 Å². The summed E-state index contributed by atoms with van der Waals surface area (Å²) in [5.74, 6) is -0.711. The lowest BCUT2D eigenvalue weighted by Gasteiger charge is -2.17. The number of carbonyl (C=O) groups excluding carboxylic acids is 1. The highest BCUT2D eigenvalue weighted by molar-refractivity contribution is 7.89. The number of hydrogen-bond acceptors (Lipinski definition) is 5. The summed E-state index contributed by atoms with van der Waals surface area (Å²) in [6.07, 6.45) is 0.367.